The van der Waals surface area contributed by atoms with Gasteiger partial charge in [-0.2, -0.15) is 4.57 Å². The van der Waals surface area contributed by atoms with Gasteiger partial charge in [-0.15, -0.1) is 0 Å². The molecule has 2 heterocycles. The highest BCUT2D eigenvalue weighted by Gasteiger charge is 2.33. The Balaban J connectivity index is 1.67. The maximum Gasteiger partial charge on any atom is 0.213 e. The second-order valence-corrected chi connectivity index (χ2v) is 10.6. The van der Waals surface area contributed by atoms with E-state index in [4.69, 9.17) is 0 Å². The molecule has 2 aromatic rings. The summed E-state index contributed by atoms with van der Waals surface area (Å²) in [6.07, 6.45) is 14.4. The molecular weight excluding hydrogens is 334 g/mol. The lowest BCUT2D eigenvalue weighted by Gasteiger charge is -2.17. The van der Waals surface area contributed by atoms with Gasteiger partial charge in [-0.3, -0.25) is 0 Å². The molecule has 1 aromatic carbocycles. The lowest BCUT2D eigenvalue weighted by molar-refractivity contribution is -0.688. The van der Waals surface area contributed by atoms with Crippen molar-refractivity contribution in [2.24, 2.45) is 5.92 Å². The summed E-state index contributed by atoms with van der Waals surface area (Å²) in [4.78, 5) is 1.58. The maximum absolute atomic E-state index is 2.50. The normalized spacial score (nSPS) is 19.0. The fraction of sp³-hybridized carbons (Fsp3) is 0.375. The highest BCUT2D eigenvalue weighted by Crippen LogP contribution is 2.40. The Morgan fingerprint density at radius 1 is 1.15 bits per heavy atom. The second kappa shape index (κ2) is 7.08. The molecule has 136 valence electrons. The molecular formula is C24H30NS+. The van der Waals surface area contributed by atoms with Crippen LogP contribution < -0.4 is 4.57 Å². The van der Waals surface area contributed by atoms with Crippen LogP contribution in [0.4, 0.5) is 0 Å². The van der Waals surface area contributed by atoms with Crippen LogP contribution in [-0.4, -0.2) is 12.5 Å². The Bertz CT molecular complexity index is 875. The molecule has 1 atom stereocenters. The van der Waals surface area contributed by atoms with E-state index in [1.54, 1.807) is 16.0 Å². The van der Waals surface area contributed by atoms with Crippen LogP contribution in [0, 0.1) is 5.92 Å². The third kappa shape index (κ3) is 3.27. The summed E-state index contributed by atoms with van der Waals surface area (Å²) in [5.74, 6) is 1.22. The van der Waals surface area contributed by atoms with Crippen molar-refractivity contribution in [2.45, 2.75) is 44.0 Å². The molecule has 1 aromatic heterocycles. The third-order valence-electron chi connectivity index (χ3n) is 5.54. The first-order valence-corrected chi connectivity index (χ1v) is 12.0. The Morgan fingerprint density at radius 2 is 1.92 bits per heavy atom. The maximum atomic E-state index is 2.50. The first kappa shape index (κ1) is 17.6. The number of pyridine rings is 1. The topological polar surface area (TPSA) is 3.88 Å². The van der Waals surface area contributed by atoms with Crippen molar-refractivity contribution in [1.29, 1.82) is 0 Å². The van der Waals surface area contributed by atoms with E-state index in [9.17, 15) is 0 Å². The van der Waals surface area contributed by atoms with Crippen molar-refractivity contribution in [1.82, 2.24) is 0 Å². The van der Waals surface area contributed by atoms with Gasteiger partial charge in [0.2, 0.25) is 5.69 Å². The Kier molecular flexibility index (Phi) is 4.79. The number of fused-ring (bicyclic) bond motifs is 2. The third-order valence-corrected chi connectivity index (χ3v) is 6.91. The summed E-state index contributed by atoms with van der Waals surface area (Å²) >= 11 is 0. The van der Waals surface area contributed by atoms with Crippen LogP contribution in [0.3, 0.4) is 0 Å². The van der Waals surface area contributed by atoms with Crippen LogP contribution in [0.15, 0.2) is 65.2 Å². The number of allylic oxidation sites excluding steroid dienone is 4. The smallest absolute Gasteiger partial charge is 0.213 e. The number of thiol groups is 1. The molecule has 0 saturated heterocycles. The predicted octanol–water partition coefficient (Wildman–Crippen LogP) is 5.30. The molecule has 0 radical (unpaired) electrons. The lowest BCUT2D eigenvalue weighted by atomic mass is 9.85. The van der Waals surface area contributed by atoms with Crippen LogP contribution in [0.25, 0.3) is 5.57 Å². The zero-order chi connectivity index (χ0) is 18.3. The van der Waals surface area contributed by atoms with Gasteiger partial charge >= 0.3 is 0 Å². The van der Waals surface area contributed by atoms with Crippen LogP contribution >= 0.6 is 10.9 Å². The number of benzene rings is 1. The molecule has 26 heavy (non-hydrogen) atoms. The lowest BCUT2D eigenvalue weighted by Crippen LogP contribution is -2.35. The molecule has 1 aliphatic carbocycles. The summed E-state index contributed by atoms with van der Waals surface area (Å²) in [5.41, 5.74) is 7.51. The largest absolute Gasteiger partial charge is 0.227 e. The van der Waals surface area contributed by atoms with E-state index in [0.717, 1.165) is 13.0 Å². The van der Waals surface area contributed by atoms with Gasteiger partial charge in [0.15, 0.2) is 12.7 Å². The van der Waals surface area contributed by atoms with Crippen LogP contribution in [-0.2, 0) is 13.0 Å². The van der Waals surface area contributed by atoms with Crippen LogP contribution in [0.1, 0.15) is 43.0 Å². The van der Waals surface area contributed by atoms with E-state index < -0.39 is 0 Å². The SMILES string of the molecule is CC(C)Cc1cc2[n+](cc1[SH](C)C)CC1=C2C=CC(c2ccccc2)C1. The number of hydrogen-bond acceptors (Lipinski definition) is 0. The van der Waals surface area contributed by atoms with Crippen LogP contribution in [0.5, 0.6) is 0 Å². The van der Waals surface area contributed by atoms with E-state index in [1.807, 2.05) is 0 Å². The molecule has 1 unspecified atom stereocenters. The molecule has 1 nitrogen and oxygen atoms in total. The summed E-state index contributed by atoms with van der Waals surface area (Å²) < 4.78 is 2.50. The number of hydrogen-bond donors (Lipinski definition) is 1. The monoisotopic (exact) mass is 364 g/mol. The summed E-state index contributed by atoms with van der Waals surface area (Å²) in [7, 11) is -0.0773. The summed E-state index contributed by atoms with van der Waals surface area (Å²) in [5, 5.41) is 0. The highest BCUT2D eigenvalue weighted by atomic mass is 32.2. The van der Waals surface area contributed by atoms with E-state index >= 15 is 0 Å². The molecule has 0 amide bonds. The van der Waals surface area contributed by atoms with Gasteiger partial charge in [0.25, 0.3) is 0 Å². The average molecular weight is 365 g/mol. The fourth-order valence-electron chi connectivity index (χ4n) is 4.32. The Morgan fingerprint density at radius 3 is 2.62 bits per heavy atom. The van der Waals surface area contributed by atoms with Gasteiger partial charge in [-0.25, -0.2) is 10.9 Å². The Labute approximate surface area is 160 Å². The number of aromatic nitrogens is 1. The first-order chi connectivity index (χ1) is 12.5. The standard InChI is InChI=1S/C24H30NS/c1-17(2)12-20-14-23-22-11-10-19(18-8-6-5-7-9-18)13-21(22)15-25(23)16-24(20)26(3)4/h5-11,14,16-17,19,26H,12-13,15H2,1-4H3/q+1. The van der Waals surface area contributed by atoms with Crippen molar-refractivity contribution in [3.05, 3.63) is 77.1 Å². The van der Waals surface area contributed by atoms with Crippen molar-refractivity contribution in [3.63, 3.8) is 0 Å². The van der Waals surface area contributed by atoms with Crippen molar-refractivity contribution in [3.8, 4) is 0 Å². The van der Waals surface area contributed by atoms with E-state index in [1.165, 1.54) is 23.3 Å². The predicted molar refractivity (Wildman–Crippen MR) is 114 cm³/mol. The van der Waals surface area contributed by atoms with E-state index in [2.05, 4.69) is 85.7 Å². The van der Waals surface area contributed by atoms with E-state index in [0.29, 0.717) is 11.8 Å². The van der Waals surface area contributed by atoms with Gasteiger partial charge < -0.3 is 0 Å². The second-order valence-electron chi connectivity index (χ2n) is 8.29. The van der Waals surface area contributed by atoms with Crippen molar-refractivity contribution >= 4 is 16.5 Å². The highest BCUT2D eigenvalue weighted by molar-refractivity contribution is 8.15. The van der Waals surface area contributed by atoms with Gasteiger partial charge in [-0.05, 0) is 42.4 Å². The van der Waals surface area contributed by atoms with Gasteiger partial charge in [0.05, 0.1) is 10.5 Å². The zero-order valence-electron chi connectivity index (χ0n) is 16.4. The minimum absolute atomic E-state index is 0.0773. The first-order valence-electron chi connectivity index (χ1n) is 9.72. The molecule has 0 saturated carbocycles. The van der Waals surface area contributed by atoms with Crippen molar-refractivity contribution < 1.29 is 4.57 Å². The number of nitrogens with zero attached hydrogens (tertiary/aromatic N) is 1. The average Bonchev–Trinajstić information content (AvgIpc) is 2.98. The molecule has 0 bridgehead atoms. The van der Waals surface area contributed by atoms with Crippen LogP contribution in [0.2, 0.25) is 0 Å². The molecule has 1 aliphatic heterocycles. The molecule has 4 rings (SSSR count). The molecule has 0 N–H and O–H groups in total. The van der Waals surface area contributed by atoms with Crippen molar-refractivity contribution in [2.75, 3.05) is 12.5 Å². The van der Waals surface area contributed by atoms with Gasteiger partial charge in [0, 0.05) is 17.6 Å². The quantitative estimate of drug-likeness (QED) is 0.554. The summed E-state index contributed by atoms with van der Waals surface area (Å²) in [6, 6.07) is 13.4. The molecule has 2 aliphatic rings. The number of rotatable bonds is 4. The van der Waals surface area contributed by atoms with Gasteiger partial charge in [0.1, 0.15) is 0 Å². The van der Waals surface area contributed by atoms with E-state index in [-0.39, 0.29) is 10.9 Å². The molecule has 0 fully saturated rings. The Hall–Kier alpha value is -1.80. The fourth-order valence-corrected chi connectivity index (χ4v) is 5.42. The minimum Gasteiger partial charge on any atom is -0.227 e. The molecule has 0 spiro atoms. The minimum atomic E-state index is -0.0773. The zero-order valence-corrected chi connectivity index (χ0v) is 17.3. The molecule has 2 heteroatoms. The summed E-state index contributed by atoms with van der Waals surface area (Å²) in [6.45, 7) is 5.72. The van der Waals surface area contributed by atoms with Gasteiger partial charge in [-0.1, -0.05) is 56.3 Å².